The summed E-state index contributed by atoms with van der Waals surface area (Å²) in [5, 5.41) is 77.5. The summed E-state index contributed by atoms with van der Waals surface area (Å²) in [6.45, 7) is 26.1. The van der Waals surface area contributed by atoms with Crippen LogP contribution in [0, 0.1) is 0 Å². The Morgan fingerprint density at radius 1 is 0.359 bits per heavy atom. The molecule has 6 atom stereocenters. The minimum Gasteiger partial charge on any atom is -0.465 e. The first-order chi connectivity index (χ1) is 43.2. The standard InChI is InChI=1S/C64H123N9O19/c1-13-16-35-87-54(79)43-67-23-19-65(21-25-70(46-57(82)90-62(4,5)6)31-30-69(28-27-67)45-56(81)89-37-18-15-3)38-50(75)40-73(42-52(77)60(85)61(86)53(78)49-74)41-51(76)39-66-20-24-68(44-55(80)88-36-17-14-2)29-32-72(48-59(84)92-64(10,11)12)34-33-71(26-22-66)47-58(83)91-63(7,8)9/h50-53,60-61,74-78,85-86H,13-49H2,1-12H3. The minimum absolute atomic E-state index is 0.00376. The first-order valence-electron chi connectivity index (χ1n) is 33.5. The molecule has 0 aromatic heterocycles. The lowest BCUT2D eigenvalue weighted by Gasteiger charge is -2.37. The highest BCUT2D eigenvalue weighted by molar-refractivity contribution is 5.74. The van der Waals surface area contributed by atoms with Crippen molar-refractivity contribution >= 4 is 35.8 Å². The predicted octanol–water partition coefficient (Wildman–Crippen LogP) is -1.06. The van der Waals surface area contributed by atoms with Crippen molar-refractivity contribution in [2.75, 3.05) is 203 Å². The van der Waals surface area contributed by atoms with Crippen LogP contribution in [0.25, 0.3) is 0 Å². The van der Waals surface area contributed by atoms with Gasteiger partial charge >= 0.3 is 35.8 Å². The Balaban J connectivity index is 2.61. The maximum Gasteiger partial charge on any atom is 0.320 e. The molecule has 7 N–H and O–H groups in total. The summed E-state index contributed by atoms with van der Waals surface area (Å²) < 4.78 is 33.8. The molecule has 0 saturated carbocycles. The fourth-order valence-electron chi connectivity index (χ4n) is 10.3. The number of unbranched alkanes of at least 4 members (excludes halogenated alkanes) is 3. The van der Waals surface area contributed by atoms with Gasteiger partial charge in [-0.2, -0.15) is 0 Å². The van der Waals surface area contributed by atoms with E-state index in [0.29, 0.717) is 124 Å². The molecule has 2 fully saturated rings. The molecule has 0 bridgehead atoms. The SMILES string of the molecule is CCCCOC(=O)CN1CCN(CC(=O)OCCCC)CCN(CC(O)CN(CC(O)CN2CCN(CC(=O)OCCCC)CCN(CC(=O)OC(C)(C)C)CCN(CC(=O)OC(C)(C)C)CC2)CC(O)C(O)C(O)C(O)CO)CCN(CC(=O)OC(C)(C)C)CC1. The summed E-state index contributed by atoms with van der Waals surface area (Å²) in [7, 11) is 0. The highest BCUT2D eigenvalue weighted by Gasteiger charge is 2.34. The molecule has 0 radical (unpaired) electrons. The Hall–Kier alpha value is -3.82. The van der Waals surface area contributed by atoms with Crippen molar-refractivity contribution in [1.29, 1.82) is 0 Å². The van der Waals surface area contributed by atoms with E-state index in [1.807, 2.05) is 60.0 Å². The van der Waals surface area contributed by atoms with Gasteiger partial charge < -0.3 is 64.2 Å². The van der Waals surface area contributed by atoms with Gasteiger partial charge in [-0.25, -0.2) is 0 Å². The first kappa shape index (κ1) is 84.3. The maximum atomic E-state index is 13.4. The third-order valence-corrected chi connectivity index (χ3v) is 15.2. The molecule has 92 heavy (non-hydrogen) atoms. The second-order valence-electron chi connectivity index (χ2n) is 27.6. The molecule has 2 rings (SSSR count). The van der Waals surface area contributed by atoms with Gasteiger partial charge in [-0.1, -0.05) is 40.0 Å². The molecule has 0 aromatic carbocycles. The van der Waals surface area contributed by atoms with Crippen molar-refractivity contribution in [3.8, 4) is 0 Å². The van der Waals surface area contributed by atoms with E-state index < -0.39 is 96.4 Å². The van der Waals surface area contributed by atoms with Crippen LogP contribution >= 0.6 is 0 Å². The number of carbonyl (C=O) groups is 6. The van der Waals surface area contributed by atoms with Gasteiger partial charge in [0.2, 0.25) is 0 Å². The monoisotopic (exact) mass is 1320 g/mol. The highest BCUT2D eigenvalue weighted by Crippen LogP contribution is 2.15. The Labute approximate surface area is 549 Å². The normalized spacial score (nSPS) is 19.4. The molecule has 2 aliphatic heterocycles. The van der Waals surface area contributed by atoms with Crippen LogP contribution in [0.4, 0.5) is 0 Å². The molecule has 0 aromatic rings. The molecule has 538 valence electrons. The number of esters is 6. The van der Waals surface area contributed by atoms with Gasteiger partial charge in [0.15, 0.2) is 0 Å². The van der Waals surface area contributed by atoms with E-state index in [1.165, 1.54) is 4.90 Å². The van der Waals surface area contributed by atoms with E-state index in [0.717, 1.165) is 25.7 Å². The van der Waals surface area contributed by atoms with Crippen LogP contribution in [0.5, 0.6) is 0 Å². The van der Waals surface area contributed by atoms with Crippen LogP contribution in [-0.4, -0.2) is 372 Å². The van der Waals surface area contributed by atoms with Crippen LogP contribution in [0.1, 0.15) is 122 Å². The van der Waals surface area contributed by atoms with E-state index in [-0.39, 0.29) is 84.6 Å². The number of ether oxygens (including phenoxy) is 6. The van der Waals surface area contributed by atoms with Crippen molar-refractivity contribution in [2.24, 2.45) is 0 Å². The van der Waals surface area contributed by atoms with Crippen LogP contribution in [0.3, 0.4) is 0 Å². The van der Waals surface area contributed by atoms with Crippen molar-refractivity contribution in [3.63, 3.8) is 0 Å². The number of aliphatic hydroxyl groups is 7. The molecular formula is C64H123N9O19. The lowest BCUT2D eigenvalue weighted by Crippen LogP contribution is -2.54. The molecular weight excluding hydrogens is 1200 g/mol. The Morgan fingerprint density at radius 2 is 0.587 bits per heavy atom. The fourth-order valence-corrected chi connectivity index (χ4v) is 10.3. The fraction of sp³-hybridized carbons (Fsp3) is 0.906. The molecule has 0 aliphatic carbocycles. The number of β-amino-alcohol motifs (C(OH)–C–C–N with tert-alkyl or cyclic N) is 2. The van der Waals surface area contributed by atoms with Crippen molar-refractivity contribution in [3.05, 3.63) is 0 Å². The Bertz CT molecular complexity index is 2080. The zero-order valence-electron chi connectivity index (χ0n) is 58.2. The highest BCUT2D eigenvalue weighted by atomic mass is 16.6. The quantitative estimate of drug-likeness (QED) is 0.0226. The number of nitrogens with zero attached hydrogens (tertiary/aromatic N) is 9. The first-order valence-corrected chi connectivity index (χ1v) is 33.5. The van der Waals surface area contributed by atoms with Gasteiger partial charge in [0, 0.05) is 137 Å². The predicted molar refractivity (Wildman–Crippen MR) is 346 cm³/mol. The van der Waals surface area contributed by atoms with Gasteiger partial charge in [0.1, 0.15) is 35.1 Å². The number of hydrogen-bond donors (Lipinski definition) is 7. The van der Waals surface area contributed by atoms with Crippen molar-refractivity contribution in [2.45, 2.75) is 175 Å². The van der Waals surface area contributed by atoms with Crippen molar-refractivity contribution in [1.82, 2.24) is 44.1 Å². The summed E-state index contributed by atoms with van der Waals surface area (Å²) in [4.78, 5) is 96.8. The van der Waals surface area contributed by atoms with E-state index in [9.17, 15) is 64.5 Å². The molecule has 2 aliphatic rings. The smallest absolute Gasteiger partial charge is 0.320 e. The molecule has 6 unspecified atom stereocenters. The lowest BCUT2D eigenvalue weighted by atomic mass is 10.0. The van der Waals surface area contributed by atoms with Crippen LogP contribution in [0.15, 0.2) is 0 Å². The number of aliphatic hydroxyl groups excluding tert-OH is 7. The van der Waals surface area contributed by atoms with E-state index in [4.69, 9.17) is 28.4 Å². The molecule has 28 nitrogen and oxygen atoms in total. The summed E-state index contributed by atoms with van der Waals surface area (Å²) in [5.74, 6) is -2.54. The van der Waals surface area contributed by atoms with Gasteiger partial charge in [0.25, 0.3) is 0 Å². The van der Waals surface area contributed by atoms with Gasteiger partial charge in [0.05, 0.1) is 84.0 Å². The second kappa shape index (κ2) is 44.8. The topological polar surface area (TPSA) is 329 Å². The van der Waals surface area contributed by atoms with E-state index in [1.54, 1.807) is 62.3 Å². The van der Waals surface area contributed by atoms with Crippen LogP contribution in [0.2, 0.25) is 0 Å². The summed E-state index contributed by atoms with van der Waals surface area (Å²) >= 11 is 0. The average Bonchev–Trinajstić information content (AvgIpc) is 1.16. The van der Waals surface area contributed by atoms with Crippen molar-refractivity contribution < 1.29 is 92.9 Å². The minimum atomic E-state index is -1.96. The number of rotatable bonds is 35. The summed E-state index contributed by atoms with van der Waals surface area (Å²) in [6, 6.07) is 0. The molecule has 2 heterocycles. The number of hydrogen-bond acceptors (Lipinski definition) is 28. The Kier molecular flexibility index (Phi) is 41.1. The largest absolute Gasteiger partial charge is 0.465 e. The molecule has 2 saturated heterocycles. The summed E-state index contributed by atoms with van der Waals surface area (Å²) in [5.41, 5.74) is -2.25. The number of carbonyl (C=O) groups excluding carboxylic acids is 6. The maximum absolute atomic E-state index is 13.4. The van der Waals surface area contributed by atoms with Gasteiger partial charge in [-0.05, 0) is 81.6 Å². The zero-order chi connectivity index (χ0) is 69.0. The van der Waals surface area contributed by atoms with Gasteiger partial charge in [-0.3, -0.25) is 72.9 Å². The van der Waals surface area contributed by atoms with Gasteiger partial charge in [-0.15, -0.1) is 0 Å². The van der Waals surface area contributed by atoms with Crippen LogP contribution in [-0.2, 0) is 57.2 Å². The second-order valence-corrected chi connectivity index (χ2v) is 27.6. The third kappa shape index (κ3) is 40.5. The molecule has 0 amide bonds. The van der Waals surface area contributed by atoms with E-state index >= 15 is 0 Å². The average molecular weight is 1320 g/mol. The third-order valence-electron chi connectivity index (χ3n) is 15.2. The molecule has 28 heteroatoms. The van der Waals surface area contributed by atoms with E-state index in [2.05, 4.69) is 0 Å². The van der Waals surface area contributed by atoms with Crippen LogP contribution < -0.4 is 0 Å². The lowest BCUT2D eigenvalue weighted by molar-refractivity contribution is -0.158. The molecule has 0 spiro atoms. The zero-order valence-corrected chi connectivity index (χ0v) is 58.2. The summed E-state index contributed by atoms with van der Waals surface area (Å²) in [6.07, 6.45) is -5.26. The Morgan fingerprint density at radius 3 is 0.815 bits per heavy atom.